The molecule has 1 aliphatic heterocycles. The number of carbonyl (C=O) groups is 5. The number of amides is 2. The number of phenols is 1. The monoisotopic (exact) mass is 865 g/mol. The first-order chi connectivity index (χ1) is 27.6. The lowest BCUT2D eigenvalue weighted by Gasteiger charge is -2.55. The van der Waals surface area contributed by atoms with Crippen LogP contribution in [0.3, 0.4) is 0 Å². The Morgan fingerprint density at radius 3 is 2.09 bits per heavy atom. The number of allylic oxidation sites excluding steroid dienone is 4. The molecule has 1 heterocycles. The van der Waals surface area contributed by atoms with Crippen molar-refractivity contribution in [1.29, 1.82) is 0 Å². The third-order valence-electron chi connectivity index (χ3n) is 12.4. The van der Waals surface area contributed by atoms with Gasteiger partial charge in [-0.25, -0.2) is 0 Å². The van der Waals surface area contributed by atoms with Crippen molar-refractivity contribution in [3.05, 3.63) is 177 Å². The minimum atomic E-state index is -1.41. The molecule has 9 heteroatoms. The molecule has 282 valence electrons. The average molecular weight is 866 g/mol. The van der Waals surface area contributed by atoms with Crippen molar-refractivity contribution in [2.24, 2.45) is 23.7 Å². The van der Waals surface area contributed by atoms with E-state index in [4.69, 9.17) is 4.74 Å². The van der Waals surface area contributed by atoms with Crippen molar-refractivity contribution >= 4 is 63.0 Å². The van der Waals surface area contributed by atoms with Crippen LogP contribution in [0.5, 0.6) is 11.5 Å². The highest BCUT2D eigenvalue weighted by atomic mass is 127. The molecule has 6 unspecified atom stereocenters. The second-order valence-corrected chi connectivity index (χ2v) is 16.3. The molecule has 3 aliphatic carbocycles. The Balaban J connectivity index is 1.19. The van der Waals surface area contributed by atoms with Crippen LogP contribution < -0.4 is 9.64 Å². The number of imide groups is 1. The molecule has 2 fully saturated rings. The van der Waals surface area contributed by atoms with E-state index in [1.54, 1.807) is 54.6 Å². The van der Waals surface area contributed by atoms with Crippen LogP contribution in [-0.4, -0.2) is 41.4 Å². The van der Waals surface area contributed by atoms with Gasteiger partial charge in [0, 0.05) is 28.5 Å². The molecule has 0 bridgehead atoms. The van der Waals surface area contributed by atoms with Crippen LogP contribution in [0.4, 0.5) is 5.69 Å². The number of hydrogen-bond acceptors (Lipinski definition) is 7. The zero-order valence-electron chi connectivity index (χ0n) is 30.8. The lowest BCUT2D eigenvalue weighted by molar-refractivity contribution is -0.135. The number of anilines is 1. The van der Waals surface area contributed by atoms with E-state index in [0.717, 1.165) is 5.57 Å². The Bertz CT molecular complexity index is 2550. The van der Waals surface area contributed by atoms with Gasteiger partial charge in [-0.3, -0.25) is 28.9 Å². The van der Waals surface area contributed by atoms with E-state index in [2.05, 4.69) is 0 Å². The molecule has 8 nitrogen and oxygen atoms in total. The maximum atomic E-state index is 15.3. The molecular formula is C48H36INO7. The number of rotatable bonds is 7. The first-order valence-corrected chi connectivity index (χ1v) is 20.0. The minimum absolute atomic E-state index is 0.0433. The molecule has 5 aromatic rings. The standard InChI is InChI=1S/C48H36INO7/c1-57-39-24-30(23-38(49)45(39)54)42-33-21-22-34-41(47(56)50(46(34)55)32-19-17-29(18-20-32)43(52)28-13-7-3-8-14-28)36(33)25-37-44(53)35(27-11-5-2-6-12-27)26-40(51)48(37,42)31-15-9-4-10-16-31/h2-21,23-24,26,34,36-37,41-42,54H,22,25H2,1H3. The predicted molar refractivity (Wildman–Crippen MR) is 223 cm³/mol. The summed E-state index contributed by atoms with van der Waals surface area (Å²) < 4.78 is 6.14. The average Bonchev–Trinajstić information content (AvgIpc) is 3.51. The largest absolute Gasteiger partial charge is 0.504 e. The van der Waals surface area contributed by atoms with Crippen LogP contribution in [-0.2, 0) is 24.6 Å². The molecule has 5 aromatic carbocycles. The second-order valence-electron chi connectivity index (χ2n) is 15.1. The molecule has 1 N–H and O–H groups in total. The van der Waals surface area contributed by atoms with E-state index in [9.17, 15) is 19.5 Å². The molecule has 1 saturated heterocycles. The third-order valence-corrected chi connectivity index (χ3v) is 13.2. The number of fused-ring (bicyclic) bond motifs is 4. The number of carbonyl (C=O) groups excluding carboxylic acids is 5. The summed E-state index contributed by atoms with van der Waals surface area (Å²) in [6.45, 7) is 0. The number of methoxy groups -OCH3 is 1. The summed E-state index contributed by atoms with van der Waals surface area (Å²) in [4.78, 5) is 74.1. The molecule has 57 heavy (non-hydrogen) atoms. The number of phenolic OH excluding ortho intramolecular Hbond substituents is 1. The first kappa shape index (κ1) is 36.7. The number of nitrogens with zero attached hydrogens (tertiary/aromatic N) is 1. The van der Waals surface area contributed by atoms with Crippen LogP contribution in [0.2, 0.25) is 0 Å². The fourth-order valence-corrected chi connectivity index (χ4v) is 10.6. The van der Waals surface area contributed by atoms with E-state index in [-0.39, 0.29) is 53.5 Å². The van der Waals surface area contributed by atoms with Gasteiger partial charge in [-0.15, -0.1) is 0 Å². The van der Waals surface area contributed by atoms with Gasteiger partial charge in [0.05, 0.1) is 33.6 Å². The highest BCUT2D eigenvalue weighted by Gasteiger charge is 2.66. The molecule has 2 amide bonds. The van der Waals surface area contributed by atoms with Gasteiger partial charge in [0.1, 0.15) is 0 Å². The zero-order chi connectivity index (χ0) is 39.6. The van der Waals surface area contributed by atoms with E-state index < -0.39 is 35.0 Å². The van der Waals surface area contributed by atoms with E-state index in [0.29, 0.717) is 42.6 Å². The summed E-state index contributed by atoms with van der Waals surface area (Å²) in [6.07, 6.45) is 3.92. The molecule has 0 aromatic heterocycles. The van der Waals surface area contributed by atoms with Gasteiger partial charge < -0.3 is 9.84 Å². The van der Waals surface area contributed by atoms with Gasteiger partial charge in [-0.2, -0.15) is 0 Å². The second kappa shape index (κ2) is 14.2. The summed E-state index contributed by atoms with van der Waals surface area (Å²) in [5.74, 6) is -4.86. The molecule has 0 radical (unpaired) electrons. The highest BCUT2D eigenvalue weighted by Crippen LogP contribution is 2.64. The Kier molecular flexibility index (Phi) is 9.15. The smallest absolute Gasteiger partial charge is 0.238 e. The number of halogens is 1. The van der Waals surface area contributed by atoms with Crippen molar-refractivity contribution in [3.8, 4) is 11.5 Å². The molecule has 4 aliphatic rings. The van der Waals surface area contributed by atoms with Gasteiger partial charge in [0.2, 0.25) is 11.8 Å². The fraction of sp³-hybridized carbons (Fsp3) is 0.188. The Morgan fingerprint density at radius 2 is 1.42 bits per heavy atom. The maximum Gasteiger partial charge on any atom is 0.238 e. The zero-order valence-corrected chi connectivity index (χ0v) is 33.0. The summed E-state index contributed by atoms with van der Waals surface area (Å²) >= 11 is 2.04. The van der Waals surface area contributed by atoms with Gasteiger partial charge in [-0.1, -0.05) is 103 Å². The van der Waals surface area contributed by atoms with Gasteiger partial charge in [-0.05, 0) is 101 Å². The molecule has 6 atom stereocenters. The van der Waals surface area contributed by atoms with Crippen LogP contribution in [0, 0.1) is 27.2 Å². The number of hydrogen-bond donors (Lipinski definition) is 1. The quantitative estimate of drug-likeness (QED) is 0.0758. The van der Waals surface area contributed by atoms with Crippen molar-refractivity contribution in [2.75, 3.05) is 12.0 Å². The topological polar surface area (TPSA) is 118 Å². The fourth-order valence-electron chi connectivity index (χ4n) is 9.94. The van der Waals surface area contributed by atoms with Crippen LogP contribution in [0.1, 0.15) is 51.4 Å². The van der Waals surface area contributed by atoms with Crippen LogP contribution >= 0.6 is 22.6 Å². The first-order valence-electron chi connectivity index (χ1n) is 18.9. The van der Waals surface area contributed by atoms with Crippen LogP contribution in [0.15, 0.2) is 145 Å². The Morgan fingerprint density at radius 1 is 0.789 bits per heavy atom. The van der Waals surface area contributed by atoms with Crippen molar-refractivity contribution in [3.63, 3.8) is 0 Å². The van der Waals surface area contributed by atoms with E-state index in [1.807, 2.05) is 101 Å². The number of benzene rings is 5. The maximum absolute atomic E-state index is 15.3. The molecular weight excluding hydrogens is 829 g/mol. The number of ether oxygens (including phenoxy) is 1. The minimum Gasteiger partial charge on any atom is -0.504 e. The Labute approximate surface area is 343 Å². The van der Waals surface area contributed by atoms with Crippen molar-refractivity contribution < 1.29 is 33.8 Å². The molecule has 0 spiro atoms. The Hall–Kier alpha value is -5.94. The molecule has 9 rings (SSSR count). The number of Topliss-reactive ketones (excluding diaryl/α,β-unsaturated/α-hetero) is 1. The van der Waals surface area contributed by atoms with Gasteiger partial charge in [0.15, 0.2) is 28.8 Å². The van der Waals surface area contributed by atoms with Gasteiger partial charge >= 0.3 is 0 Å². The normalized spacial score (nSPS) is 25.2. The van der Waals surface area contributed by atoms with Crippen molar-refractivity contribution in [2.45, 2.75) is 24.2 Å². The van der Waals surface area contributed by atoms with Gasteiger partial charge in [0.25, 0.3) is 0 Å². The van der Waals surface area contributed by atoms with Crippen LogP contribution in [0.25, 0.3) is 5.57 Å². The summed E-state index contributed by atoms with van der Waals surface area (Å²) in [5.41, 5.74) is 3.00. The van der Waals surface area contributed by atoms with E-state index in [1.165, 1.54) is 18.1 Å². The summed E-state index contributed by atoms with van der Waals surface area (Å²) in [7, 11) is 1.46. The molecule has 1 saturated carbocycles. The number of aromatic hydroxyl groups is 1. The van der Waals surface area contributed by atoms with Crippen molar-refractivity contribution in [1.82, 2.24) is 0 Å². The highest BCUT2D eigenvalue weighted by molar-refractivity contribution is 14.1. The summed E-state index contributed by atoms with van der Waals surface area (Å²) in [6, 6.07) is 37.5. The van der Waals surface area contributed by atoms with E-state index >= 15 is 9.59 Å². The summed E-state index contributed by atoms with van der Waals surface area (Å²) in [5, 5.41) is 11.0. The number of ketones is 3. The SMILES string of the molecule is COc1cc(C2C3=CCC4C(=O)N(c5ccc(C(=O)c6ccccc6)cc5)C(=O)C4C3CC3C(=O)C(c4ccccc4)=CC(=O)C32c2ccccc2)cc(I)c1O. The predicted octanol–water partition coefficient (Wildman–Crippen LogP) is 8.27. The third kappa shape index (κ3) is 5.65. The lowest BCUT2D eigenvalue weighted by atomic mass is 9.44. The lowest BCUT2D eigenvalue weighted by Crippen LogP contribution is -2.58.